The Labute approximate surface area is 103 Å². The van der Waals surface area contributed by atoms with Crippen LogP contribution in [-0.2, 0) is 4.79 Å². The van der Waals surface area contributed by atoms with Gasteiger partial charge in [0.25, 0.3) is 5.91 Å². The van der Waals surface area contributed by atoms with E-state index in [9.17, 15) is 23.1 Å². The maximum atomic E-state index is 12.5. The van der Waals surface area contributed by atoms with E-state index in [1.54, 1.807) is 32.0 Å². The Bertz CT molecular complexity index is 447. The molecule has 1 rings (SSSR count). The first-order valence-electron chi connectivity index (χ1n) is 5.24. The summed E-state index contributed by atoms with van der Waals surface area (Å²) in [6, 6.07) is 5.04. The molecule has 0 heterocycles. The van der Waals surface area contributed by atoms with Gasteiger partial charge >= 0.3 is 6.18 Å². The molecule has 0 aliphatic heterocycles. The van der Waals surface area contributed by atoms with Gasteiger partial charge in [-0.2, -0.15) is 13.2 Å². The van der Waals surface area contributed by atoms with Gasteiger partial charge in [-0.3, -0.25) is 4.79 Å². The van der Waals surface area contributed by atoms with E-state index in [0.717, 1.165) is 0 Å². The lowest BCUT2D eigenvalue weighted by Crippen LogP contribution is -2.52. The average Bonchev–Trinajstić information content (AvgIpc) is 2.21. The number of amides is 1. The summed E-state index contributed by atoms with van der Waals surface area (Å²) in [5.41, 5.74) is -1.88. The molecule has 18 heavy (non-hydrogen) atoms. The first-order chi connectivity index (χ1) is 8.07. The second-order valence-electron chi connectivity index (χ2n) is 4.29. The molecule has 1 amide bonds. The second-order valence-corrected chi connectivity index (χ2v) is 4.29. The van der Waals surface area contributed by atoms with Gasteiger partial charge in [0.2, 0.25) is 5.60 Å². The van der Waals surface area contributed by atoms with Gasteiger partial charge in [-0.1, -0.05) is 18.2 Å². The monoisotopic (exact) mass is 261 g/mol. The van der Waals surface area contributed by atoms with Crippen molar-refractivity contribution in [3.8, 4) is 0 Å². The van der Waals surface area contributed by atoms with Crippen molar-refractivity contribution in [3.63, 3.8) is 0 Å². The number of nitrogens with one attached hydrogen (secondary N) is 1. The highest BCUT2D eigenvalue weighted by Gasteiger charge is 2.55. The van der Waals surface area contributed by atoms with Crippen LogP contribution >= 0.6 is 0 Å². The molecule has 100 valence electrons. The SMILES string of the molecule is Cc1cccc(C)c1NC(=O)C(C)(O)C(F)(F)F. The predicted octanol–water partition coefficient (Wildman–Crippen LogP) is 2.56. The number of carbonyl (C=O) groups excluding carboxylic acids is 1. The number of halogens is 3. The first-order valence-corrected chi connectivity index (χ1v) is 5.24. The first kappa shape index (κ1) is 14.5. The van der Waals surface area contributed by atoms with Crippen LogP contribution in [-0.4, -0.2) is 22.8 Å². The van der Waals surface area contributed by atoms with E-state index in [1.807, 2.05) is 0 Å². The van der Waals surface area contributed by atoms with E-state index in [-0.39, 0.29) is 5.69 Å². The summed E-state index contributed by atoms with van der Waals surface area (Å²) in [6.45, 7) is 3.74. The number of anilines is 1. The molecule has 1 aromatic rings. The van der Waals surface area contributed by atoms with Gasteiger partial charge in [0.15, 0.2) is 0 Å². The van der Waals surface area contributed by atoms with E-state index in [4.69, 9.17) is 0 Å². The zero-order valence-corrected chi connectivity index (χ0v) is 10.2. The molecule has 0 radical (unpaired) electrons. The Balaban J connectivity index is 3.03. The maximum Gasteiger partial charge on any atom is 0.426 e. The molecule has 1 atom stereocenters. The van der Waals surface area contributed by atoms with Crippen molar-refractivity contribution >= 4 is 11.6 Å². The van der Waals surface area contributed by atoms with Crippen molar-refractivity contribution in [1.29, 1.82) is 0 Å². The molecule has 0 spiro atoms. The van der Waals surface area contributed by atoms with E-state index in [0.29, 0.717) is 18.1 Å². The molecule has 0 fully saturated rings. The molecular weight excluding hydrogens is 247 g/mol. The normalized spacial score (nSPS) is 15.1. The van der Waals surface area contributed by atoms with E-state index < -0.39 is 17.7 Å². The Hall–Kier alpha value is -1.56. The van der Waals surface area contributed by atoms with Crippen molar-refractivity contribution in [1.82, 2.24) is 0 Å². The van der Waals surface area contributed by atoms with Gasteiger partial charge in [0, 0.05) is 5.69 Å². The highest BCUT2D eigenvalue weighted by molar-refractivity contribution is 5.98. The number of aryl methyl sites for hydroxylation is 2. The fourth-order valence-electron chi connectivity index (χ4n) is 1.38. The Morgan fingerprint density at radius 3 is 2.06 bits per heavy atom. The number of alkyl halides is 3. The lowest BCUT2D eigenvalue weighted by Gasteiger charge is -2.25. The molecule has 6 heteroatoms. The van der Waals surface area contributed by atoms with Crippen molar-refractivity contribution in [3.05, 3.63) is 29.3 Å². The molecule has 0 aliphatic rings. The van der Waals surface area contributed by atoms with Crippen LogP contribution in [0.15, 0.2) is 18.2 Å². The Morgan fingerprint density at radius 1 is 1.22 bits per heavy atom. The van der Waals surface area contributed by atoms with Crippen LogP contribution in [0.3, 0.4) is 0 Å². The molecule has 0 aromatic heterocycles. The number of benzene rings is 1. The summed E-state index contributed by atoms with van der Waals surface area (Å²) < 4.78 is 37.4. The van der Waals surface area contributed by atoms with Crippen LogP contribution in [0.4, 0.5) is 18.9 Å². The standard InChI is InChI=1S/C12H14F3NO2/c1-7-5-4-6-8(2)9(7)16-10(17)11(3,18)12(13,14)15/h4-6,18H,1-3H3,(H,16,17). The maximum absolute atomic E-state index is 12.5. The Morgan fingerprint density at radius 2 is 1.67 bits per heavy atom. The second kappa shape index (κ2) is 4.61. The van der Waals surface area contributed by atoms with Crippen molar-refractivity contribution in [2.75, 3.05) is 5.32 Å². The summed E-state index contributed by atoms with van der Waals surface area (Å²) in [7, 11) is 0. The third-order valence-electron chi connectivity index (χ3n) is 2.71. The zero-order valence-electron chi connectivity index (χ0n) is 10.2. The van der Waals surface area contributed by atoms with Gasteiger partial charge in [0.05, 0.1) is 0 Å². The number of hydrogen-bond donors (Lipinski definition) is 2. The average molecular weight is 261 g/mol. The molecular formula is C12H14F3NO2. The van der Waals surface area contributed by atoms with E-state index >= 15 is 0 Å². The van der Waals surface area contributed by atoms with Crippen LogP contribution in [0, 0.1) is 13.8 Å². The van der Waals surface area contributed by atoms with Crippen LogP contribution in [0.1, 0.15) is 18.1 Å². The predicted molar refractivity (Wildman–Crippen MR) is 61.2 cm³/mol. The molecule has 0 saturated carbocycles. The van der Waals surface area contributed by atoms with E-state index in [2.05, 4.69) is 5.32 Å². The summed E-state index contributed by atoms with van der Waals surface area (Å²) in [5, 5.41) is 11.3. The smallest absolute Gasteiger partial charge is 0.373 e. The van der Waals surface area contributed by atoms with Crippen molar-refractivity contribution in [2.24, 2.45) is 0 Å². The molecule has 1 aromatic carbocycles. The minimum Gasteiger partial charge on any atom is -0.373 e. The topological polar surface area (TPSA) is 49.3 Å². The van der Waals surface area contributed by atoms with Gasteiger partial charge in [-0.25, -0.2) is 0 Å². The van der Waals surface area contributed by atoms with Crippen molar-refractivity contribution < 1.29 is 23.1 Å². The van der Waals surface area contributed by atoms with Crippen molar-refractivity contribution in [2.45, 2.75) is 32.5 Å². The Kier molecular flexibility index (Phi) is 3.71. The minimum absolute atomic E-state index is 0.284. The summed E-state index contributed by atoms with van der Waals surface area (Å²) in [5.74, 6) is -1.49. The van der Waals surface area contributed by atoms with E-state index in [1.165, 1.54) is 0 Å². The molecule has 0 saturated heterocycles. The van der Waals surface area contributed by atoms with Gasteiger partial charge in [0.1, 0.15) is 0 Å². The molecule has 1 unspecified atom stereocenters. The minimum atomic E-state index is -5.02. The summed E-state index contributed by atoms with van der Waals surface area (Å²) in [6.07, 6.45) is -5.02. The number of rotatable bonds is 2. The largest absolute Gasteiger partial charge is 0.426 e. The van der Waals surface area contributed by atoms with Crippen LogP contribution in [0.25, 0.3) is 0 Å². The number of para-hydroxylation sites is 1. The third-order valence-corrected chi connectivity index (χ3v) is 2.71. The lowest BCUT2D eigenvalue weighted by molar-refractivity contribution is -0.242. The third kappa shape index (κ3) is 2.64. The lowest BCUT2D eigenvalue weighted by atomic mass is 10.0. The molecule has 3 nitrogen and oxygen atoms in total. The van der Waals surface area contributed by atoms with Crippen LogP contribution in [0.2, 0.25) is 0 Å². The fraction of sp³-hybridized carbons (Fsp3) is 0.417. The van der Waals surface area contributed by atoms with Gasteiger partial charge in [-0.15, -0.1) is 0 Å². The number of carbonyl (C=O) groups is 1. The molecule has 0 bridgehead atoms. The fourth-order valence-corrected chi connectivity index (χ4v) is 1.38. The molecule has 2 N–H and O–H groups in total. The highest BCUT2D eigenvalue weighted by atomic mass is 19.4. The summed E-state index contributed by atoms with van der Waals surface area (Å²) >= 11 is 0. The quantitative estimate of drug-likeness (QED) is 0.859. The summed E-state index contributed by atoms with van der Waals surface area (Å²) in [4.78, 5) is 11.5. The molecule has 0 aliphatic carbocycles. The van der Waals surface area contributed by atoms with Gasteiger partial charge in [-0.05, 0) is 31.9 Å². The zero-order chi connectivity index (χ0) is 14.1. The van der Waals surface area contributed by atoms with Gasteiger partial charge < -0.3 is 10.4 Å². The number of hydrogen-bond acceptors (Lipinski definition) is 2. The highest BCUT2D eigenvalue weighted by Crippen LogP contribution is 2.31. The van der Waals surface area contributed by atoms with Crippen LogP contribution < -0.4 is 5.32 Å². The number of aliphatic hydroxyl groups is 1. The van der Waals surface area contributed by atoms with Crippen LogP contribution in [0.5, 0.6) is 0 Å².